The van der Waals surface area contributed by atoms with Crippen molar-refractivity contribution in [1.29, 1.82) is 0 Å². The van der Waals surface area contributed by atoms with E-state index in [1.54, 1.807) is 6.08 Å². The van der Waals surface area contributed by atoms with E-state index in [9.17, 15) is 15.0 Å². The molecule has 3 N–H and O–H groups in total. The number of carbonyl (C=O) groups excluding carboxylic acids is 1. The molecule has 67 heavy (non-hydrogen) atoms. The first kappa shape index (κ1) is 65.3. The second-order valence-corrected chi connectivity index (χ2v) is 20.8. The van der Waals surface area contributed by atoms with E-state index in [0.29, 0.717) is 6.42 Å². The molecule has 2 atom stereocenters. The van der Waals surface area contributed by atoms with Crippen LogP contribution in [0.1, 0.15) is 328 Å². The number of amides is 1. The largest absolute Gasteiger partial charge is 0.394 e. The third-order valence-corrected chi connectivity index (χ3v) is 14.0. The molecule has 0 spiro atoms. The molecule has 0 aromatic heterocycles. The van der Waals surface area contributed by atoms with Gasteiger partial charge in [0.25, 0.3) is 0 Å². The third kappa shape index (κ3) is 55.2. The summed E-state index contributed by atoms with van der Waals surface area (Å²) in [5.74, 6) is -0.0682. The number of carbonyl (C=O) groups is 1. The van der Waals surface area contributed by atoms with Gasteiger partial charge < -0.3 is 15.5 Å². The van der Waals surface area contributed by atoms with E-state index in [-0.39, 0.29) is 12.5 Å². The van der Waals surface area contributed by atoms with Crippen LogP contribution in [0.3, 0.4) is 0 Å². The van der Waals surface area contributed by atoms with Crippen LogP contribution in [0.15, 0.2) is 48.6 Å². The van der Waals surface area contributed by atoms with Gasteiger partial charge in [-0.05, 0) is 64.2 Å². The molecule has 0 bridgehead atoms. The highest BCUT2D eigenvalue weighted by Crippen LogP contribution is 2.17. The Bertz CT molecular complexity index is 1060. The average molecular weight is 939 g/mol. The second kappa shape index (κ2) is 58.7. The van der Waals surface area contributed by atoms with Crippen LogP contribution in [0.5, 0.6) is 0 Å². The highest BCUT2D eigenvalue weighted by Gasteiger charge is 2.18. The molecular formula is C63H119NO3. The van der Waals surface area contributed by atoms with Gasteiger partial charge in [-0.15, -0.1) is 0 Å². The molecule has 0 rings (SSSR count). The molecule has 0 aliphatic rings. The molecule has 4 nitrogen and oxygen atoms in total. The predicted molar refractivity (Wildman–Crippen MR) is 299 cm³/mol. The highest BCUT2D eigenvalue weighted by atomic mass is 16.3. The van der Waals surface area contributed by atoms with Crippen LogP contribution in [0.25, 0.3) is 0 Å². The Kier molecular flexibility index (Phi) is 57.2. The smallest absolute Gasteiger partial charge is 0.220 e. The fourth-order valence-electron chi connectivity index (χ4n) is 9.41. The lowest BCUT2D eigenvalue weighted by atomic mass is 10.0. The fourth-order valence-corrected chi connectivity index (χ4v) is 9.41. The summed E-state index contributed by atoms with van der Waals surface area (Å²) in [4.78, 5) is 12.5. The minimum Gasteiger partial charge on any atom is -0.394 e. The Labute approximate surface area is 420 Å². The van der Waals surface area contributed by atoms with Crippen molar-refractivity contribution < 1.29 is 15.0 Å². The molecule has 0 aromatic rings. The van der Waals surface area contributed by atoms with Gasteiger partial charge in [-0.1, -0.05) is 306 Å². The Morgan fingerprint density at radius 1 is 0.358 bits per heavy atom. The Morgan fingerprint density at radius 2 is 0.627 bits per heavy atom. The lowest BCUT2D eigenvalue weighted by Gasteiger charge is -2.19. The van der Waals surface area contributed by atoms with Gasteiger partial charge in [-0.25, -0.2) is 0 Å². The lowest BCUT2D eigenvalue weighted by molar-refractivity contribution is -0.123. The number of allylic oxidation sites excluding steroid dienone is 7. The van der Waals surface area contributed by atoms with Crippen molar-refractivity contribution in [2.24, 2.45) is 0 Å². The van der Waals surface area contributed by atoms with E-state index in [2.05, 4.69) is 55.6 Å². The summed E-state index contributed by atoms with van der Waals surface area (Å²) in [7, 11) is 0. The fraction of sp³-hybridized carbons (Fsp3) is 0.857. The lowest BCUT2D eigenvalue weighted by Crippen LogP contribution is -2.45. The van der Waals surface area contributed by atoms with Crippen molar-refractivity contribution in [2.75, 3.05) is 6.61 Å². The molecule has 0 radical (unpaired) electrons. The van der Waals surface area contributed by atoms with Gasteiger partial charge >= 0.3 is 0 Å². The van der Waals surface area contributed by atoms with Gasteiger partial charge in [-0.2, -0.15) is 0 Å². The van der Waals surface area contributed by atoms with Crippen molar-refractivity contribution in [1.82, 2.24) is 5.32 Å². The van der Waals surface area contributed by atoms with Gasteiger partial charge in [-0.3, -0.25) is 4.79 Å². The monoisotopic (exact) mass is 938 g/mol. The van der Waals surface area contributed by atoms with Crippen LogP contribution < -0.4 is 5.32 Å². The van der Waals surface area contributed by atoms with Gasteiger partial charge in [0.15, 0.2) is 0 Å². The highest BCUT2D eigenvalue weighted by molar-refractivity contribution is 5.76. The zero-order valence-corrected chi connectivity index (χ0v) is 45.4. The number of rotatable bonds is 56. The normalized spacial score (nSPS) is 13.1. The summed E-state index contributed by atoms with van der Waals surface area (Å²) < 4.78 is 0. The van der Waals surface area contributed by atoms with Crippen molar-refractivity contribution in [2.45, 2.75) is 341 Å². The first-order chi connectivity index (χ1) is 33.2. The molecule has 394 valence electrons. The van der Waals surface area contributed by atoms with E-state index in [4.69, 9.17) is 0 Å². The number of hydrogen-bond donors (Lipinski definition) is 3. The molecule has 0 saturated heterocycles. The SMILES string of the molecule is CCCCCCC/C=C\C/C=C\CCCCCCCCCCCCCCCCCCCCCCCCCC(=O)NC(CO)C(O)/C=C/CC/C=C/CCCCCCCCCCCCCCCC. The first-order valence-electron chi connectivity index (χ1n) is 30.4. The van der Waals surface area contributed by atoms with Gasteiger partial charge in [0, 0.05) is 6.42 Å². The third-order valence-electron chi connectivity index (χ3n) is 14.0. The maximum Gasteiger partial charge on any atom is 0.220 e. The minimum absolute atomic E-state index is 0.0682. The number of unbranched alkanes of at least 4 members (excludes halogenated alkanes) is 43. The second-order valence-electron chi connectivity index (χ2n) is 20.8. The molecule has 0 saturated carbocycles. The van der Waals surface area contributed by atoms with Crippen molar-refractivity contribution in [3.8, 4) is 0 Å². The maximum absolute atomic E-state index is 12.5. The number of aliphatic hydroxyl groups is 2. The van der Waals surface area contributed by atoms with Crippen LogP contribution in [-0.2, 0) is 4.79 Å². The zero-order valence-electron chi connectivity index (χ0n) is 45.4. The van der Waals surface area contributed by atoms with E-state index >= 15 is 0 Å². The molecule has 0 aromatic carbocycles. The molecule has 2 unspecified atom stereocenters. The van der Waals surface area contributed by atoms with Crippen molar-refractivity contribution in [3.05, 3.63) is 48.6 Å². The van der Waals surface area contributed by atoms with Gasteiger partial charge in [0.05, 0.1) is 18.8 Å². The van der Waals surface area contributed by atoms with E-state index < -0.39 is 12.1 Å². The van der Waals surface area contributed by atoms with Crippen LogP contribution >= 0.6 is 0 Å². The minimum atomic E-state index is -0.862. The number of hydrogen-bond acceptors (Lipinski definition) is 3. The van der Waals surface area contributed by atoms with Crippen LogP contribution in [0, 0.1) is 0 Å². The topological polar surface area (TPSA) is 69.6 Å². The van der Waals surface area contributed by atoms with E-state index in [1.165, 1.54) is 270 Å². The van der Waals surface area contributed by atoms with Crippen LogP contribution in [0.2, 0.25) is 0 Å². The summed E-state index contributed by atoms with van der Waals surface area (Å²) in [5, 5.41) is 23.2. The number of aliphatic hydroxyl groups excluding tert-OH is 2. The predicted octanol–water partition coefficient (Wildman–Crippen LogP) is 20.2. The average Bonchev–Trinajstić information content (AvgIpc) is 3.33. The summed E-state index contributed by atoms with van der Waals surface area (Å²) >= 11 is 0. The summed E-state index contributed by atoms with van der Waals surface area (Å²) in [6.07, 6.45) is 81.6. The zero-order chi connectivity index (χ0) is 48.5. The Hall–Kier alpha value is -1.65. The molecule has 4 heteroatoms. The molecule has 1 amide bonds. The van der Waals surface area contributed by atoms with Crippen LogP contribution in [-0.4, -0.2) is 34.9 Å². The molecule has 0 fully saturated rings. The summed E-state index contributed by atoms with van der Waals surface area (Å²) in [6, 6.07) is -0.639. The van der Waals surface area contributed by atoms with Crippen molar-refractivity contribution >= 4 is 5.91 Å². The number of nitrogens with one attached hydrogen (secondary N) is 1. The summed E-state index contributed by atoms with van der Waals surface area (Å²) in [5.41, 5.74) is 0. The van der Waals surface area contributed by atoms with Gasteiger partial charge in [0.2, 0.25) is 5.91 Å². The first-order valence-corrected chi connectivity index (χ1v) is 30.4. The molecular weight excluding hydrogens is 819 g/mol. The Balaban J connectivity index is 3.45. The van der Waals surface area contributed by atoms with E-state index in [0.717, 1.165) is 38.5 Å². The molecule has 0 aliphatic heterocycles. The molecule has 0 aliphatic carbocycles. The van der Waals surface area contributed by atoms with Crippen molar-refractivity contribution in [3.63, 3.8) is 0 Å². The Morgan fingerprint density at radius 3 is 0.955 bits per heavy atom. The van der Waals surface area contributed by atoms with Gasteiger partial charge in [0.1, 0.15) is 0 Å². The standard InChI is InChI=1S/C63H119NO3/c1-3-5-7-9-11-13-15-17-19-21-23-25-26-27-28-29-30-31-32-33-34-35-36-37-38-39-41-43-45-47-49-51-53-55-57-59-63(67)64-61(60-65)62(66)58-56-54-52-50-48-46-44-42-40-24-22-20-18-16-14-12-10-8-6-4-2/h15,17,21,23,48,50,56,58,61-62,65-66H,3-14,16,18-20,22,24-47,49,51-55,57,59-60H2,1-2H3,(H,64,67)/b17-15-,23-21-,50-48+,58-56+. The quantitative estimate of drug-likeness (QED) is 0.0420. The summed E-state index contributed by atoms with van der Waals surface area (Å²) in [6.45, 7) is 4.32. The maximum atomic E-state index is 12.5. The molecule has 0 heterocycles. The van der Waals surface area contributed by atoms with Crippen LogP contribution in [0.4, 0.5) is 0 Å². The van der Waals surface area contributed by atoms with E-state index in [1.807, 2.05) is 6.08 Å².